The molecule has 0 saturated heterocycles. The quantitative estimate of drug-likeness (QED) is 0.842. The van der Waals surface area contributed by atoms with Crippen LogP contribution in [0.2, 0.25) is 10.0 Å². The van der Waals surface area contributed by atoms with Crippen molar-refractivity contribution in [3.8, 4) is 0 Å². The van der Waals surface area contributed by atoms with Crippen LogP contribution in [0.3, 0.4) is 0 Å². The fourth-order valence-corrected chi connectivity index (χ4v) is 1.78. The number of aromatic nitrogens is 2. The van der Waals surface area contributed by atoms with E-state index in [1.165, 1.54) is 12.4 Å². The second-order valence-electron chi connectivity index (χ2n) is 3.43. The van der Waals surface area contributed by atoms with Gasteiger partial charge < -0.3 is 5.32 Å². The lowest BCUT2D eigenvalue weighted by Crippen LogP contribution is -2.20. The Balaban J connectivity index is 2.05. The van der Waals surface area contributed by atoms with Crippen LogP contribution >= 0.6 is 39.1 Å². The van der Waals surface area contributed by atoms with Gasteiger partial charge in [0, 0.05) is 5.02 Å². The van der Waals surface area contributed by atoms with Crippen LogP contribution in [0.1, 0.15) is 0 Å². The van der Waals surface area contributed by atoms with Crippen LogP contribution in [0.15, 0.2) is 35.2 Å². The molecule has 0 bridgehead atoms. The Hall–Kier alpha value is -1.37. The molecule has 0 spiro atoms. The van der Waals surface area contributed by atoms with Gasteiger partial charge in [0.2, 0.25) is 0 Å². The van der Waals surface area contributed by atoms with Crippen LogP contribution < -0.4 is 10.6 Å². The predicted octanol–water partition coefficient (Wildman–Crippen LogP) is 4.19. The number of urea groups is 1. The van der Waals surface area contributed by atoms with Crippen molar-refractivity contribution in [3.63, 3.8) is 0 Å². The molecule has 0 unspecified atom stereocenters. The third-order valence-corrected chi connectivity index (χ3v) is 3.01. The van der Waals surface area contributed by atoms with Gasteiger partial charge in [-0.15, -0.1) is 0 Å². The van der Waals surface area contributed by atoms with Crippen LogP contribution in [0, 0.1) is 0 Å². The molecule has 2 aromatic rings. The van der Waals surface area contributed by atoms with E-state index in [9.17, 15) is 4.79 Å². The number of benzene rings is 1. The molecule has 98 valence electrons. The number of carbonyl (C=O) groups is 1. The van der Waals surface area contributed by atoms with Gasteiger partial charge in [0.25, 0.3) is 0 Å². The number of rotatable bonds is 2. The van der Waals surface area contributed by atoms with Crippen molar-refractivity contribution in [2.45, 2.75) is 0 Å². The summed E-state index contributed by atoms with van der Waals surface area (Å²) < 4.78 is 0.580. The number of anilines is 2. The molecule has 0 aliphatic rings. The van der Waals surface area contributed by atoms with E-state index in [-0.39, 0.29) is 0 Å². The normalized spacial score (nSPS) is 10.1. The number of hydrogen-bond acceptors (Lipinski definition) is 3. The van der Waals surface area contributed by atoms with Crippen molar-refractivity contribution >= 4 is 56.7 Å². The Bertz CT molecular complexity index is 606. The molecule has 0 radical (unpaired) electrons. The van der Waals surface area contributed by atoms with Gasteiger partial charge in [-0.05, 0) is 34.1 Å². The minimum absolute atomic E-state index is 0.318. The van der Waals surface area contributed by atoms with E-state index in [0.717, 1.165) is 0 Å². The van der Waals surface area contributed by atoms with Crippen LogP contribution in [0.4, 0.5) is 16.3 Å². The number of halogens is 3. The Morgan fingerprint density at radius 2 is 1.95 bits per heavy atom. The van der Waals surface area contributed by atoms with E-state index in [1.54, 1.807) is 18.2 Å². The van der Waals surface area contributed by atoms with Crippen LogP contribution in [0.5, 0.6) is 0 Å². The molecule has 2 rings (SSSR count). The van der Waals surface area contributed by atoms with E-state index in [4.69, 9.17) is 23.2 Å². The highest BCUT2D eigenvalue weighted by molar-refractivity contribution is 9.10. The van der Waals surface area contributed by atoms with E-state index >= 15 is 0 Å². The van der Waals surface area contributed by atoms with Crippen molar-refractivity contribution in [2.75, 3.05) is 10.6 Å². The lowest BCUT2D eigenvalue weighted by molar-refractivity contribution is 0.262. The zero-order valence-corrected chi connectivity index (χ0v) is 12.4. The predicted molar refractivity (Wildman–Crippen MR) is 78.8 cm³/mol. The Morgan fingerprint density at radius 3 is 2.63 bits per heavy atom. The molecule has 1 heterocycles. The first-order chi connectivity index (χ1) is 9.04. The van der Waals surface area contributed by atoms with E-state index in [2.05, 4.69) is 36.5 Å². The minimum atomic E-state index is -0.485. The summed E-state index contributed by atoms with van der Waals surface area (Å²) in [5, 5.41) is 5.95. The molecule has 0 aliphatic carbocycles. The van der Waals surface area contributed by atoms with Crippen molar-refractivity contribution in [1.82, 2.24) is 9.97 Å². The molecule has 0 fully saturated rings. The lowest BCUT2D eigenvalue weighted by Gasteiger charge is -2.08. The maximum absolute atomic E-state index is 11.7. The van der Waals surface area contributed by atoms with Gasteiger partial charge in [0.1, 0.15) is 4.60 Å². The summed E-state index contributed by atoms with van der Waals surface area (Å²) >= 11 is 14.9. The van der Waals surface area contributed by atoms with Gasteiger partial charge in [-0.3, -0.25) is 5.32 Å². The summed E-state index contributed by atoms with van der Waals surface area (Å²) in [6.45, 7) is 0. The highest BCUT2D eigenvalue weighted by Crippen LogP contribution is 2.25. The smallest absolute Gasteiger partial charge is 0.306 e. The van der Waals surface area contributed by atoms with Gasteiger partial charge in [-0.25, -0.2) is 14.8 Å². The molecule has 2 N–H and O–H groups in total. The van der Waals surface area contributed by atoms with Crippen LogP contribution in [0.25, 0.3) is 0 Å². The van der Waals surface area contributed by atoms with E-state index in [1.807, 2.05) is 0 Å². The Labute approximate surface area is 127 Å². The molecule has 1 aromatic heterocycles. The number of nitrogens with one attached hydrogen (secondary N) is 2. The van der Waals surface area contributed by atoms with Crippen LogP contribution in [-0.4, -0.2) is 16.0 Å². The maximum atomic E-state index is 11.7. The summed E-state index contributed by atoms with van der Waals surface area (Å²) in [6, 6.07) is 4.30. The first-order valence-corrected chi connectivity index (χ1v) is 6.60. The highest BCUT2D eigenvalue weighted by Gasteiger charge is 2.07. The molecular formula is C11H7BrCl2N4O. The topological polar surface area (TPSA) is 66.9 Å². The average Bonchev–Trinajstić information content (AvgIpc) is 2.37. The standard InChI is InChI=1S/C11H7BrCl2N4O/c12-9-4-16-10(5-15-9)18-11(19)17-8-3-6(13)1-2-7(8)14/h1-5H,(H2,16,17,18,19). The summed E-state index contributed by atoms with van der Waals surface area (Å²) in [6.07, 6.45) is 2.89. The van der Waals surface area contributed by atoms with Gasteiger partial charge >= 0.3 is 6.03 Å². The minimum Gasteiger partial charge on any atom is -0.306 e. The maximum Gasteiger partial charge on any atom is 0.324 e. The fraction of sp³-hybridized carbons (Fsp3) is 0. The number of carbonyl (C=O) groups excluding carboxylic acids is 1. The second kappa shape index (κ2) is 6.18. The average molecular weight is 362 g/mol. The van der Waals surface area contributed by atoms with E-state index in [0.29, 0.717) is 26.2 Å². The first-order valence-electron chi connectivity index (χ1n) is 5.05. The first kappa shape index (κ1) is 14.0. The Morgan fingerprint density at radius 1 is 1.16 bits per heavy atom. The summed E-state index contributed by atoms with van der Waals surface area (Å²) in [4.78, 5) is 19.6. The van der Waals surface area contributed by atoms with E-state index < -0.39 is 6.03 Å². The van der Waals surface area contributed by atoms with Crippen LogP contribution in [-0.2, 0) is 0 Å². The fourth-order valence-electron chi connectivity index (χ4n) is 1.24. The molecule has 1 aromatic carbocycles. The summed E-state index contributed by atoms with van der Waals surface area (Å²) in [7, 11) is 0. The molecule has 0 aliphatic heterocycles. The molecule has 0 atom stereocenters. The van der Waals surface area contributed by atoms with Crippen molar-refractivity contribution in [3.05, 3.63) is 45.2 Å². The largest absolute Gasteiger partial charge is 0.324 e. The zero-order valence-electron chi connectivity index (χ0n) is 9.32. The molecule has 2 amide bonds. The van der Waals surface area contributed by atoms with Crippen molar-refractivity contribution < 1.29 is 4.79 Å². The number of hydrogen-bond donors (Lipinski definition) is 2. The SMILES string of the molecule is O=C(Nc1cnc(Br)cn1)Nc1cc(Cl)ccc1Cl. The van der Waals surface area contributed by atoms with Gasteiger partial charge in [0.05, 0.1) is 23.1 Å². The molecule has 19 heavy (non-hydrogen) atoms. The zero-order chi connectivity index (χ0) is 13.8. The molecule has 0 saturated carbocycles. The lowest BCUT2D eigenvalue weighted by atomic mass is 10.3. The third kappa shape index (κ3) is 4.05. The monoisotopic (exact) mass is 360 g/mol. The van der Waals surface area contributed by atoms with Crippen molar-refractivity contribution in [1.29, 1.82) is 0 Å². The molecule has 5 nitrogen and oxygen atoms in total. The Kier molecular flexibility index (Phi) is 4.57. The third-order valence-electron chi connectivity index (χ3n) is 2.04. The summed E-state index contributed by atoms with van der Waals surface area (Å²) in [5.41, 5.74) is 0.414. The van der Waals surface area contributed by atoms with Crippen molar-refractivity contribution in [2.24, 2.45) is 0 Å². The summed E-state index contributed by atoms with van der Waals surface area (Å²) in [5.74, 6) is 0.318. The number of amides is 2. The highest BCUT2D eigenvalue weighted by atomic mass is 79.9. The molecular weight excluding hydrogens is 355 g/mol. The van der Waals surface area contributed by atoms with Gasteiger partial charge in [0.15, 0.2) is 5.82 Å². The van der Waals surface area contributed by atoms with Gasteiger partial charge in [-0.2, -0.15) is 0 Å². The molecule has 8 heteroatoms. The second-order valence-corrected chi connectivity index (χ2v) is 5.08. The number of nitrogens with zero attached hydrogens (tertiary/aromatic N) is 2. The van der Waals surface area contributed by atoms with Gasteiger partial charge in [-0.1, -0.05) is 23.2 Å².